The highest BCUT2D eigenvalue weighted by Crippen LogP contribution is 2.38. The fourth-order valence-electron chi connectivity index (χ4n) is 3.80. The first-order valence-electron chi connectivity index (χ1n) is 8.81. The van der Waals surface area contributed by atoms with Gasteiger partial charge in [0.05, 0.1) is 11.3 Å². The van der Waals surface area contributed by atoms with Crippen molar-refractivity contribution in [3.63, 3.8) is 0 Å². The lowest BCUT2D eigenvalue weighted by Gasteiger charge is -2.30. The van der Waals surface area contributed by atoms with Crippen molar-refractivity contribution in [3.05, 3.63) is 11.3 Å². The van der Waals surface area contributed by atoms with Gasteiger partial charge in [0.1, 0.15) is 12.4 Å². The van der Waals surface area contributed by atoms with Crippen molar-refractivity contribution >= 4 is 11.5 Å². The number of aliphatic hydroxyl groups excluding tert-OH is 1. The van der Waals surface area contributed by atoms with Gasteiger partial charge in [0.25, 0.3) is 0 Å². The molecule has 1 saturated carbocycles. The van der Waals surface area contributed by atoms with E-state index in [9.17, 15) is 9.90 Å². The van der Waals surface area contributed by atoms with E-state index in [1.54, 1.807) is 0 Å². The molecule has 0 aromatic heterocycles. The molecular formula is C18H29NO3. The zero-order chi connectivity index (χ0) is 15.9. The molecular weight excluding hydrogens is 278 g/mol. The molecule has 2 aliphatic rings. The standard InChI is InChI=1S/C18H29NO3/c1-3-15(19-22-4-2)18-16(20)11-14(12-17(18)21)13-9-7-5-6-8-10-13/h13-14,20H,3-12H2,1-2H3. The van der Waals surface area contributed by atoms with E-state index in [1.807, 2.05) is 13.8 Å². The maximum absolute atomic E-state index is 12.6. The van der Waals surface area contributed by atoms with Gasteiger partial charge in [-0.3, -0.25) is 4.79 Å². The number of Topliss-reactive ketones (excluding diaryl/α,β-unsaturated/α-hetero) is 1. The number of oxime groups is 1. The minimum Gasteiger partial charge on any atom is -0.511 e. The van der Waals surface area contributed by atoms with E-state index in [-0.39, 0.29) is 11.5 Å². The maximum atomic E-state index is 12.6. The van der Waals surface area contributed by atoms with E-state index >= 15 is 0 Å². The molecule has 1 N–H and O–H groups in total. The number of rotatable bonds is 5. The Hall–Kier alpha value is -1.32. The SMILES string of the molecule is CCON=C(CC)C1=C(O)CC(C2CCCCCC2)CC1=O. The minimum absolute atomic E-state index is 0.0401. The number of aliphatic hydroxyl groups is 1. The number of hydrogen-bond acceptors (Lipinski definition) is 4. The zero-order valence-corrected chi connectivity index (χ0v) is 13.9. The molecule has 0 aromatic carbocycles. The molecule has 1 fully saturated rings. The Morgan fingerprint density at radius 3 is 2.36 bits per heavy atom. The average molecular weight is 307 g/mol. The highest BCUT2D eigenvalue weighted by atomic mass is 16.6. The summed E-state index contributed by atoms with van der Waals surface area (Å²) >= 11 is 0. The summed E-state index contributed by atoms with van der Waals surface area (Å²) in [7, 11) is 0. The predicted octanol–water partition coefficient (Wildman–Crippen LogP) is 4.55. The van der Waals surface area contributed by atoms with Gasteiger partial charge in [0.2, 0.25) is 0 Å². The summed E-state index contributed by atoms with van der Waals surface area (Å²) < 4.78 is 0. The second kappa shape index (κ2) is 8.35. The van der Waals surface area contributed by atoms with Gasteiger partial charge in [-0.2, -0.15) is 0 Å². The first kappa shape index (κ1) is 17.0. The highest BCUT2D eigenvalue weighted by molar-refractivity contribution is 6.22. The van der Waals surface area contributed by atoms with Crippen LogP contribution in [-0.4, -0.2) is 23.2 Å². The normalized spacial score (nSPS) is 25.3. The lowest BCUT2D eigenvalue weighted by Crippen LogP contribution is -2.28. The van der Waals surface area contributed by atoms with Crippen LogP contribution in [0.15, 0.2) is 16.5 Å². The Kier molecular flexibility index (Phi) is 6.47. The summed E-state index contributed by atoms with van der Waals surface area (Å²) in [5, 5.41) is 14.4. The fraction of sp³-hybridized carbons (Fsp3) is 0.778. The van der Waals surface area contributed by atoms with Gasteiger partial charge in [-0.1, -0.05) is 50.6 Å². The van der Waals surface area contributed by atoms with E-state index in [0.29, 0.717) is 49.0 Å². The summed E-state index contributed by atoms with van der Waals surface area (Å²) in [6.07, 6.45) is 9.32. The van der Waals surface area contributed by atoms with Crippen LogP contribution in [-0.2, 0) is 9.63 Å². The molecule has 0 aromatic rings. The van der Waals surface area contributed by atoms with Crippen molar-refractivity contribution in [3.8, 4) is 0 Å². The lowest BCUT2D eigenvalue weighted by molar-refractivity contribution is -0.117. The van der Waals surface area contributed by atoms with Crippen molar-refractivity contribution in [2.24, 2.45) is 17.0 Å². The number of hydrogen-bond donors (Lipinski definition) is 1. The van der Waals surface area contributed by atoms with Gasteiger partial charge in [-0.15, -0.1) is 0 Å². The Labute approximate surface area is 133 Å². The molecule has 124 valence electrons. The van der Waals surface area contributed by atoms with E-state index in [4.69, 9.17) is 4.84 Å². The Bertz CT molecular complexity index is 445. The smallest absolute Gasteiger partial charge is 0.168 e. The van der Waals surface area contributed by atoms with Gasteiger partial charge < -0.3 is 9.94 Å². The van der Waals surface area contributed by atoms with Crippen LogP contribution in [0.25, 0.3) is 0 Å². The topological polar surface area (TPSA) is 58.9 Å². The van der Waals surface area contributed by atoms with Crippen LogP contribution >= 0.6 is 0 Å². The summed E-state index contributed by atoms with van der Waals surface area (Å²) in [5.41, 5.74) is 1.00. The van der Waals surface area contributed by atoms with Crippen molar-refractivity contribution in [2.45, 2.75) is 71.6 Å². The number of allylic oxidation sites excluding steroid dienone is 2. The minimum atomic E-state index is 0.0401. The van der Waals surface area contributed by atoms with Crippen LogP contribution in [0.2, 0.25) is 0 Å². The molecule has 0 radical (unpaired) electrons. The summed E-state index contributed by atoms with van der Waals surface area (Å²) in [5.74, 6) is 1.16. The largest absolute Gasteiger partial charge is 0.511 e. The molecule has 1 unspecified atom stereocenters. The van der Waals surface area contributed by atoms with Crippen molar-refractivity contribution in [1.82, 2.24) is 0 Å². The molecule has 0 spiro atoms. The second-order valence-electron chi connectivity index (χ2n) is 6.47. The quantitative estimate of drug-likeness (QED) is 0.460. The van der Waals surface area contributed by atoms with Gasteiger partial charge >= 0.3 is 0 Å². The van der Waals surface area contributed by atoms with E-state index in [2.05, 4.69) is 5.16 Å². The molecule has 4 heteroatoms. The molecule has 0 heterocycles. The first-order valence-corrected chi connectivity index (χ1v) is 8.81. The maximum Gasteiger partial charge on any atom is 0.168 e. The fourth-order valence-corrected chi connectivity index (χ4v) is 3.80. The van der Waals surface area contributed by atoms with Crippen LogP contribution in [0.5, 0.6) is 0 Å². The Morgan fingerprint density at radius 2 is 1.82 bits per heavy atom. The lowest BCUT2D eigenvalue weighted by atomic mass is 9.75. The summed E-state index contributed by atoms with van der Waals surface area (Å²) in [6.45, 7) is 4.26. The van der Waals surface area contributed by atoms with Crippen LogP contribution < -0.4 is 0 Å². The Balaban J connectivity index is 2.13. The summed E-state index contributed by atoms with van der Waals surface area (Å²) in [6, 6.07) is 0. The van der Waals surface area contributed by atoms with E-state index in [1.165, 1.54) is 38.5 Å². The number of carbonyl (C=O) groups excluding carboxylic acids is 1. The van der Waals surface area contributed by atoms with Crippen molar-refractivity contribution < 1.29 is 14.7 Å². The third-order valence-corrected chi connectivity index (χ3v) is 4.96. The number of ketones is 1. The van der Waals surface area contributed by atoms with Crippen LogP contribution in [0.1, 0.15) is 71.6 Å². The molecule has 0 bridgehead atoms. The predicted molar refractivity (Wildman–Crippen MR) is 87.9 cm³/mol. The molecule has 22 heavy (non-hydrogen) atoms. The Morgan fingerprint density at radius 1 is 1.14 bits per heavy atom. The van der Waals surface area contributed by atoms with E-state index in [0.717, 1.165) is 0 Å². The van der Waals surface area contributed by atoms with Gasteiger partial charge in [0.15, 0.2) is 5.78 Å². The van der Waals surface area contributed by atoms with Gasteiger partial charge in [-0.05, 0) is 25.2 Å². The molecule has 2 aliphatic carbocycles. The first-order chi connectivity index (χ1) is 10.7. The van der Waals surface area contributed by atoms with E-state index < -0.39 is 0 Å². The summed E-state index contributed by atoms with van der Waals surface area (Å²) in [4.78, 5) is 17.6. The second-order valence-corrected chi connectivity index (χ2v) is 6.47. The molecule has 2 rings (SSSR count). The molecule has 4 nitrogen and oxygen atoms in total. The monoisotopic (exact) mass is 307 g/mol. The molecule has 0 amide bonds. The van der Waals surface area contributed by atoms with Crippen LogP contribution in [0.4, 0.5) is 0 Å². The number of carbonyl (C=O) groups is 1. The highest BCUT2D eigenvalue weighted by Gasteiger charge is 2.34. The van der Waals surface area contributed by atoms with Gasteiger partial charge in [-0.25, -0.2) is 0 Å². The zero-order valence-electron chi connectivity index (χ0n) is 13.9. The third kappa shape index (κ3) is 4.11. The van der Waals surface area contributed by atoms with Gasteiger partial charge in [0, 0.05) is 12.8 Å². The molecule has 0 aliphatic heterocycles. The molecule has 1 atom stereocenters. The third-order valence-electron chi connectivity index (χ3n) is 4.96. The van der Waals surface area contributed by atoms with Crippen LogP contribution in [0, 0.1) is 11.8 Å². The number of nitrogens with zero attached hydrogens (tertiary/aromatic N) is 1. The van der Waals surface area contributed by atoms with Crippen LogP contribution in [0.3, 0.4) is 0 Å². The van der Waals surface area contributed by atoms with Crippen molar-refractivity contribution in [1.29, 1.82) is 0 Å². The average Bonchev–Trinajstić information content (AvgIpc) is 2.79. The molecule has 0 saturated heterocycles. The van der Waals surface area contributed by atoms with Crippen molar-refractivity contribution in [2.75, 3.05) is 6.61 Å².